The molecule has 12 heteroatoms. The molecule has 0 unspecified atom stereocenters. The van der Waals surface area contributed by atoms with Crippen molar-refractivity contribution in [2.45, 2.75) is 116 Å². The molecule has 12 nitrogen and oxygen atoms in total. The number of hydrogen-bond acceptors (Lipinski definition) is 9. The number of ether oxygens (including phenoxy) is 3. The zero-order chi connectivity index (χ0) is 29.2. The molecule has 0 radical (unpaired) electrons. The van der Waals surface area contributed by atoms with E-state index < -0.39 is 47.9 Å². The molecule has 2 amide bonds. The molecule has 5 aliphatic rings. The van der Waals surface area contributed by atoms with Crippen molar-refractivity contribution in [1.29, 1.82) is 0 Å². The predicted octanol–water partition coefficient (Wildman–Crippen LogP) is 2.64. The van der Waals surface area contributed by atoms with Gasteiger partial charge in [-0.25, -0.2) is 14.6 Å². The number of amides is 2. The minimum atomic E-state index is -1.08. The molecule has 3 N–H and O–H groups in total. The van der Waals surface area contributed by atoms with E-state index in [2.05, 4.69) is 17.6 Å². The van der Waals surface area contributed by atoms with E-state index in [1.54, 1.807) is 13.8 Å². The van der Waals surface area contributed by atoms with Crippen molar-refractivity contribution in [3.63, 3.8) is 0 Å². The van der Waals surface area contributed by atoms with Crippen LogP contribution in [0.25, 0.3) is 0 Å². The van der Waals surface area contributed by atoms with Crippen molar-refractivity contribution in [2.24, 2.45) is 29.6 Å². The molecule has 5 rings (SSSR count). The number of carbonyl (C=O) groups excluding carboxylic acids is 3. The quantitative estimate of drug-likeness (QED) is 0.192. The molecule has 40 heavy (non-hydrogen) atoms. The molecule has 9 atom stereocenters. The second-order valence-electron chi connectivity index (χ2n) is 12.3. The summed E-state index contributed by atoms with van der Waals surface area (Å²) in [5, 5.41) is 14.3. The number of rotatable bonds is 11. The maximum Gasteiger partial charge on any atom is 0.326 e. The topological polar surface area (TPSA) is 159 Å². The van der Waals surface area contributed by atoms with E-state index in [0.717, 1.165) is 19.3 Å². The average molecular weight is 569 g/mol. The van der Waals surface area contributed by atoms with Crippen molar-refractivity contribution in [2.75, 3.05) is 6.54 Å². The fourth-order valence-electron chi connectivity index (χ4n) is 6.74. The number of carboxylic acids is 1. The summed E-state index contributed by atoms with van der Waals surface area (Å²) >= 11 is 0. The first-order valence-corrected chi connectivity index (χ1v) is 14.5. The minimum Gasteiger partial charge on any atom is -0.480 e. The molecular weight excluding hydrogens is 524 g/mol. The first-order valence-electron chi connectivity index (χ1n) is 14.5. The molecule has 1 aliphatic carbocycles. The smallest absolute Gasteiger partial charge is 0.326 e. The number of carboxylic acid groups (broad SMARTS) is 1. The highest BCUT2D eigenvalue weighted by atomic mass is 17.3. The zero-order valence-corrected chi connectivity index (χ0v) is 24.1. The Morgan fingerprint density at radius 1 is 1.00 bits per heavy atom. The average Bonchev–Trinajstić information content (AvgIpc) is 3.12. The Kier molecular flexibility index (Phi) is 9.43. The maximum atomic E-state index is 12.7. The van der Waals surface area contributed by atoms with Gasteiger partial charge in [-0.2, -0.15) is 0 Å². The first kappa shape index (κ1) is 30.7. The minimum absolute atomic E-state index is 0.0275. The van der Waals surface area contributed by atoms with Gasteiger partial charge in [-0.3, -0.25) is 14.4 Å². The number of esters is 1. The molecule has 0 aromatic carbocycles. The van der Waals surface area contributed by atoms with Crippen LogP contribution in [0.1, 0.15) is 86.0 Å². The molecular formula is C28H44N2O10. The zero-order valence-electron chi connectivity index (χ0n) is 24.1. The van der Waals surface area contributed by atoms with E-state index in [4.69, 9.17) is 29.1 Å². The molecule has 1 spiro atoms. The predicted molar refractivity (Wildman–Crippen MR) is 139 cm³/mol. The van der Waals surface area contributed by atoms with Crippen LogP contribution in [0.5, 0.6) is 0 Å². The van der Waals surface area contributed by atoms with Crippen molar-refractivity contribution in [3.8, 4) is 0 Å². The van der Waals surface area contributed by atoms with E-state index >= 15 is 0 Å². The summed E-state index contributed by atoms with van der Waals surface area (Å²) in [5.41, 5.74) is -0.740. The Morgan fingerprint density at radius 2 is 1.75 bits per heavy atom. The molecule has 0 aromatic heterocycles. The normalized spacial score (nSPS) is 37.1. The fraction of sp³-hybridized carbons (Fsp3) is 0.857. The third-order valence-electron chi connectivity index (χ3n) is 9.05. The van der Waals surface area contributed by atoms with Gasteiger partial charge in [0.05, 0.1) is 6.42 Å². The summed E-state index contributed by atoms with van der Waals surface area (Å²) in [5.74, 6) is -3.01. The van der Waals surface area contributed by atoms with Gasteiger partial charge >= 0.3 is 11.9 Å². The van der Waals surface area contributed by atoms with Crippen LogP contribution >= 0.6 is 0 Å². The van der Waals surface area contributed by atoms with E-state index in [9.17, 15) is 19.2 Å². The highest BCUT2D eigenvalue weighted by Gasteiger charge is 2.69. The summed E-state index contributed by atoms with van der Waals surface area (Å²) in [6.45, 7) is 9.72. The van der Waals surface area contributed by atoms with E-state index in [-0.39, 0.29) is 55.4 Å². The lowest BCUT2D eigenvalue weighted by atomic mass is 9.58. The Balaban J connectivity index is 1.22. The number of carbonyl (C=O) groups is 4. The Morgan fingerprint density at radius 3 is 2.45 bits per heavy atom. The van der Waals surface area contributed by atoms with Crippen molar-refractivity contribution < 1.29 is 48.3 Å². The Labute approximate surface area is 235 Å². The first-order chi connectivity index (χ1) is 18.9. The fourth-order valence-corrected chi connectivity index (χ4v) is 6.74. The van der Waals surface area contributed by atoms with Gasteiger partial charge in [0.25, 0.3) is 0 Å². The van der Waals surface area contributed by atoms with E-state index in [1.807, 2.05) is 13.8 Å². The lowest BCUT2D eigenvalue weighted by molar-refractivity contribution is -0.576. The van der Waals surface area contributed by atoms with Crippen molar-refractivity contribution in [1.82, 2.24) is 10.6 Å². The maximum absolute atomic E-state index is 12.7. The SMILES string of the molecule is CC(C)[C@H](NC(=O)CCCNC(=O)CCC(=O)O[C@@H]1O[C@H]2O[C@@]3(C)CC[C@H]4[C@H](C)CC[C@H]([C@@H]1C)[C@@]24OO3)C(=O)O. The second-order valence-corrected chi connectivity index (χ2v) is 12.3. The van der Waals surface area contributed by atoms with Gasteiger partial charge < -0.3 is 30.0 Å². The highest BCUT2D eigenvalue weighted by Crippen LogP contribution is 2.60. The third kappa shape index (κ3) is 6.29. The Bertz CT molecular complexity index is 975. The van der Waals surface area contributed by atoms with Crippen LogP contribution in [0.2, 0.25) is 0 Å². The Hall–Kier alpha value is -2.28. The van der Waals surface area contributed by atoms with Gasteiger partial charge in [-0.1, -0.05) is 27.7 Å². The highest BCUT2D eigenvalue weighted by molar-refractivity contribution is 5.84. The van der Waals surface area contributed by atoms with Crippen LogP contribution in [0.3, 0.4) is 0 Å². The van der Waals surface area contributed by atoms with Gasteiger partial charge in [-0.15, -0.1) is 0 Å². The molecule has 4 aliphatic heterocycles. The van der Waals surface area contributed by atoms with Crippen LogP contribution in [-0.4, -0.2) is 65.4 Å². The molecule has 4 heterocycles. The number of aliphatic carboxylic acids is 1. The lowest BCUT2D eigenvalue weighted by Gasteiger charge is -2.59. The number of hydrogen-bond donors (Lipinski definition) is 3. The summed E-state index contributed by atoms with van der Waals surface area (Å²) in [6, 6.07) is -0.953. The third-order valence-corrected chi connectivity index (χ3v) is 9.05. The molecule has 1 saturated carbocycles. The van der Waals surface area contributed by atoms with Gasteiger partial charge in [0.2, 0.25) is 23.9 Å². The van der Waals surface area contributed by atoms with Crippen molar-refractivity contribution >= 4 is 23.8 Å². The number of nitrogens with one attached hydrogen (secondary N) is 2. The van der Waals surface area contributed by atoms with Gasteiger partial charge in [0.1, 0.15) is 6.04 Å². The van der Waals surface area contributed by atoms with Crippen molar-refractivity contribution in [3.05, 3.63) is 0 Å². The molecule has 226 valence electrons. The largest absolute Gasteiger partial charge is 0.480 e. The van der Waals surface area contributed by atoms with Gasteiger partial charge in [0.15, 0.2) is 11.9 Å². The number of fused-ring (bicyclic) bond motifs is 2. The van der Waals surface area contributed by atoms with E-state index in [0.29, 0.717) is 18.8 Å². The summed E-state index contributed by atoms with van der Waals surface area (Å²) < 4.78 is 18.2. The lowest BCUT2D eigenvalue weighted by Crippen LogP contribution is -2.70. The summed E-state index contributed by atoms with van der Waals surface area (Å²) in [4.78, 5) is 60.0. The van der Waals surface area contributed by atoms with Crippen LogP contribution in [-0.2, 0) is 43.2 Å². The van der Waals surface area contributed by atoms with Gasteiger partial charge in [0, 0.05) is 37.6 Å². The van der Waals surface area contributed by atoms with Crippen LogP contribution in [0.15, 0.2) is 0 Å². The summed E-state index contributed by atoms with van der Waals surface area (Å²) in [7, 11) is 0. The second kappa shape index (κ2) is 12.3. The van der Waals surface area contributed by atoms with Gasteiger partial charge in [-0.05, 0) is 50.4 Å². The molecule has 4 saturated heterocycles. The summed E-state index contributed by atoms with van der Waals surface area (Å²) in [6.07, 6.45) is 2.21. The molecule has 5 fully saturated rings. The van der Waals surface area contributed by atoms with Crippen LogP contribution in [0, 0.1) is 29.6 Å². The monoisotopic (exact) mass is 568 g/mol. The molecule has 2 bridgehead atoms. The van der Waals surface area contributed by atoms with Crippen LogP contribution < -0.4 is 10.6 Å². The van der Waals surface area contributed by atoms with E-state index in [1.165, 1.54) is 0 Å². The standard InChI is InChI=1S/C28H44N2O10/c1-15(2)23(24(34)35)30-21(32)7-6-14-29-20(31)10-11-22(33)36-25-17(4)19-9-8-16(3)18-12-13-27(5)38-26(37-25)28(18,19)40-39-27/h15-19,23,25-26H,6-14H2,1-5H3,(H,29,31)(H,30,32)(H,34,35)/t16-,17+,18+,19-,23+,25-,26+,27-,28-/m1/s1. The van der Waals surface area contributed by atoms with Crippen LogP contribution in [0.4, 0.5) is 0 Å². The molecule has 0 aromatic rings.